The van der Waals surface area contributed by atoms with Gasteiger partial charge in [-0.05, 0) is 66.8 Å². The van der Waals surface area contributed by atoms with E-state index in [1.54, 1.807) is 11.9 Å². The predicted octanol–water partition coefficient (Wildman–Crippen LogP) is 3.98. The number of benzene rings is 3. The average molecular weight is 594 g/mol. The van der Waals surface area contributed by atoms with Crippen molar-refractivity contribution in [1.29, 1.82) is 0 Å². The van der Waals surface area contributed by atoms with Crippen LogP contribution >= 0.6 is 0 Å². The first-order valence-corrected chi connectivity index (χ1v) is 15.5. The number of hydrogen-bond acceptors (Lipinski definition) is 6. The van der Waals surface area contributed by atoms with E-state index in [0.29, 0.717) is 31.7 Å². The van der Waals surface area contributed by atoms with E-state index in [9.17, 15) is 22.4 Å². The number of nitrogens with zero attached hydrogens (tertiary/aromatic N) is 2. The molecule has 3 aliphatic rings. The van der Waals surface area contributed by atoms with E-state index >= 15 is 0 Å². The van der Waals surface area contributed by atoms with Gasteiger partial charge in [0.25, 0.3) is 15.9 Å². The van der Waals surface area contributed by atoms with Crippen LogP contribution in [0.15, 0.2) is 71.6 Å². The predicted molar refractivity (Wildman–Crippen MR) is 153 cm³/mol. The van der Waals surface area contributed by atoms with Gasteiger partial charge in [0.05, 0.1) is 29.0 Å². The molecule has 6 rings (SSSR count). The van der Waals surface area contributed by atoms with Crippen LogP contribution in [0, 0.1) is 5.82 Å². The third-order valence-corrected chi connectivity index (χ3v) is 9.63. The number of fused-ring (bicyclic) bond motifs is 3. The lowest BCUT2D eigenvalue weighted by Crippen LogP contribution is -2.54. The van der Waals surface area contributed by atoms with Crippen LogP contribution < -0.4 is 9.46 Å². The van der Waals surface area contributed by atoms with Crippen LogP contribution in [0.25, 0.3) is 0 Å². The molecule has 3 heterocycles. The van der Waals surface area contributed by atoms with Crippen molar-refractivity contribution in [2.45, 2.75) is 55.4 Å². The molecule has 0 unspecified atom stereocenters. The van der Waals surface area contributed by atoms with Crippen molar-refractivity contribution in [2.24, 2.45) is 0 Å². The second-order valence-corrected chi connectivity index (χ2v) is 12.7. The zero-order valence-corrected chi connectivity index (χ0v) is 24.0. The van der Waals surface area contributed by atoms with Crippen LogP contribution in [-0.4, -0.2) is 68.5 Å². The van der Waals surface area contributed by atoms with Gasteiger partial charge in [-0.1, -0.05) is 30.3 Å². The maximum atomic E-state index is 13.6. The Bertz CT molecular complexity index is 1630. The van der Waals surface area contributed by atoms with Crippen molar-refractivity contribution >= 4 is 27.5 Å². The smallest absolute Gasteiger partial charge is 0.261 e. The molecule has 0 aliphatic carbocycles. The van der Waals surface area contributed by atoms with Gasteiger partial charge in [-0.25, -0.2) is 12.8 Å². The summed E-state index contributed by atoms with van der Waals surface area (Å²) >= 11 is 0. The summed E-state index contributed by atoms with van der Waals surface area (Å²) in [4.78, 5) is 30.0. The Morgan fingerprint density at radius 3 is 2.67 bits per heavy atom. The zero-order chi connectivity index (χ0) is 29.4. The van der Waals surface area contributed by atoms with Crippen molar-refractivity contribution in [3.05, 3.63) is 89.2 Å². The second kappa shape index (κ2) is 11.4. The molecular weight excluding hydrogens is 561 g/mol. The van der Waals surface area contributed by atoms with Crippen LogP contribution in [0.5, 0.6) is 5.75 Å². The second-order valence-electron chi connectivity index (χ2n) is 11.0. The van der Waals surface area contributed by atoms with Crippen LogP contribution in [0.2, 0.25) is 0 Å². The fourth-order valence-corrected chi connectivity index (χ4v) is 7.05. The summed E-state index contributed by atoms with van der Waals surface area (Å²) in [6.07, 6.45) is 1.67. The average Bonchev–Trinajstić information content (AvgIpc) is 2.99. The van der Waals surface area contributed by atoms with E-state index in [1.807, 2.05) is 17.0 Å². The number of ether oxygens (including phenoxy) is 2. The third kappa shape index (κ3) is 5.71. The standard InChI is InChI=1S/C31H32FN3O6S/c1-34-27-11-10-24(17-30(36)35-14-13-20-5-2-3-6-21(20)18-35)41-29(27)19-40-28-12-9-23(16-26(28)31(34)37)33-42(38,39)25-8-4-7-22(32)15-25/h2-9,12,15-16,24,27,29,33H,10-11,13-14,17-19H2,1H3/t24-,27-,29+/m0/s1. The lowest BCUT2D eigenvalue weighted by atomic mass is 9.94. The lowest BCUT2D eigenvalue weighted by Gasteiger charge is -2.42. The van der Waals surface area contributed by atoms with Crippen molar-refractivity contribution in [1.82, 2.24) is 9.80 Å². The van der Waals surface area contributed by atoms with Crippen molar-refractivity contribution in [3.8, 4) is 5.75 Å². The molecule has 3 aliphatic heterocycles. The highest BCUT2D eigenvalue weighted by Gasteiger charge is 2.39. The van der Waals surface area contributed by atoms with Crippen molar-refractivity contribution < 1.29 is 31.9 Å². The van der Waals surface area contributed by atoms with Crippen molar-refractivity contribution in [2.75, 3.05) is 24.9 Å². The fourth-order valence-electron chi connectivity index (χ4n) is 5.97. The number of nitrogens with one attached hydrogen (secondary N) is 1. The Hall–Kier alpha value is -3.96. The van der Waals surface area contributed by atoms with Gasteiger partial charge in [0, 0.05) is 25.8 Å². The highest BCUT2D eigenvalue weighted by molar-refractivity contribution is 7.92. The molecule has 11 heteroatoms. The first-order chi connectivity index (χ1) is 20.2. The van der Waals surface area contributed by atoms with Gasteiger partial charge in [0.15, 0.2) is 0 Å². The molecule has 1 N–H and O–H groups in total. The monoisotopic (exact) mass is 593 g/mol. The van der Waals surface area contributed by atoms with Gasteiger partial charge in [0.1, 0.15) is 24.3 Å². The van der Waals surface area contributed by atoms with Crippen molar-refractivity contribution in [3.63, 3.8) is 0 Å². The van der Waals surface area contributed by atoms with E-state index in [2.05, 4.69) is 16.9 Å². The summed E-state index contributed by atoms with van der Waals surface area (Å²) in [5.41, 5.74) is 2.82. The highest BCUT2D eigenvalue weighted by Crippen LogP contribution is 2.33. The topological polar surface area (TPSA) is 105 Å². The molecule has 2 amide bonds. The van der Waals surface area contributed by atoms with Crippen LogP contribution in [0.4, 0.5) is 10.1 Å². The molecule has 1 saturated heterocycles. The highest BCUT2D eigenvalue weighted by atomic mass is 32.2. The summed E-state index contributed by atoms with van der Waals surface area (Å²) in [7, 11) is -2.38. The Labute approximate surface area is 244 Å². The first-order valence-electron chi connectivity index (χ1n) is 14.0. The molecule has 0 spiro atoms. The SMILES string of the molecule is CN1C(=O)c2cc(NS(=O)(=O)c3cccc(F)c3)ccc2OC[C@H]2O[C@H](CC(=O)N3CCc4ccccc4C3)CC[C@@H]21. The lowest BCUT2D eigenvalue weighted by molar-refractivity contribution is -0.143. The quantitative estimate of drug-likeness (QED) is 0.480. The maximum Gasteiger partial charge on any atom is 0.261 e. The normalized spacial score (nSPS) is 22.1. The van der Waals surface area contributed by atoms with E-state index < -0.39 is 21.9 Å². The molecule has 3 aromatic rings. The molecule has 220 valence electrons. The number of carbonyl (C=O) groups excluding carboxylic acids is 2. The molecule has 0 saturated carbocycles. The number of rotatable bonds is 5. The Morgan fingerprint density at radius 1 is 1.05 bits per heavy atom. The van der Waals surface area contributed by atoms with Gasteiger partial charge >= 0.3 is 0 Å². The van der Waals surface area contributed by atoms with Gasteiger partial charge < -0.3 is 19.3 Å². The number of likely N-dealkylation sites (N-methyl/N-ethyl adjacent to an activating group) is 1. The molecule has 3 aromatic carbocycles. The Kier molecular flexibility index (Phi) is 7.63. The van der Waals surface area contributed by atoms with E-state index in [-0.39, 0.29) is 53.1 Å². The summed E-state index contributed by atoms with van der Waals surface area (Å²) in [5.74, 6) is -0.651. The minimum Gasteiger partial charge on any atom is -0.490 e. The van der Waals surface area contributed by atoms with E-state index in [4.69, 9.17) is 9.47 Å². The number of carbonyl (C=O) groups is 2. The minimum atomic E-state index is -4.07. The molecular formula is C31H32FN3O6S. The van der Waals surface area contributed by atoms with E-state index in [1.165, 1.54) is 41.5 Å². The number of halogens is 1. The summed E-state index contributed by atoms with van der Waals surface area (Å²) < 4.78 is 54.0. The third-order valence-electron chi connectivity index (χ3n) is 8.26. The summed E-state index contributed by atoms with van der Waals surface area (Å²) in [6, 6.07) is 17.0. The number of sulfonamides is 1. The molecule has 1 fully saturated rings. The van der Waals surface area contributed by atoms with Gasteiger partial charge in [-0.3, -0.25) is 14.3 Å². The molecule has 0 bridgehead atoms. The molecule has 42 heavy (non-hydrogen) atoms. The van der Waals surface area contributed by atoms with Gasteiger partial charge in [-0.15, -0.1) is 0 Å². The Balaban J connectivity index is 1.13. The molecule has 9 nitrogen and oxygen atoms in total. The molecule has 0 aromatic heterocycles. The van der Waals surface area contributed by atoms with Crippen LogP contribution in [-0.2, 0) is 32.5 Å². The largest absolute Gasteiger partial charge is 0.490 e. The fraction of sp³-hybridized carbons (Fsp3) is 0.355. The minimum absolute atomic E-state index is 0.0581. The number of hydrogen-bond donors (Lipinski definition) is 1. The van der Waals surface area contributed by atoms with Crippen LogP contribution in [0.1, 0.15) is 40.7 Å². The number of amides is 2. The van der Waals surface area contributed by atoms with Gasteiger partial charge in [-0.2, -0.15) is 0 Å². The van der Waals surface area contributed by atoms with Gasteiger partial charge in [0.2, 0.25) is 5.91 Å². The van der Waals surface area contributed by atoms with E-state index in [0.717, 1.165) is 18.6 Å². The molecule has 3 atom stereocenters. The summed E-state index contributed by atoms with van der Waals surface area (Å²) in [6.45, 7) is 1.46. The van der Waals surface area contributed by atoms with Crippen LogP contribution in [0.3, 0.4) is 0 Å². The zero-order valence-electron chi connectivity index (χ0n) is 23.2. The number of anilines is 1. The maximum absolute atomic E-state index is 13.6. The molecule has 0 radical (unpaired) electrons. The first kappa shape index (κ1) is 28.2. The summed E-state index contributed by atoms with van der Waals surface area (Å²) in [5, 5.41) is 0. The Morgan fingerprint density at radius 2 is 1.86 bits per heavy atom.